The molecule has 152 valence electrons. The van der Waals surface area contributed by atoms with Gasteiger partial charge in [0, 0.05) is 39.0 Å². The Kier molecular flexibility index (Phi) is 5.83. The third-order valence-corrected chi connectivity index (χ3v) is 5.25. The van der Waals surface area contributed by atoms with Crippen molar-refractivity contribution in [3.8, 4) is 0 Å². The van der Waals surface area contributed by atoms with Crippen molar-refractivity contribution in [3.63, 3.8) is 0 Å². The second kappa shape index (κ2) is 8.14. The van der Waals surface area contributed by atoms with Gasteiger partial charge in [0.05, 0.1) is 12.5 Å². The van der Waals surface area contributed by atoms with E-state index in [4.69, 9.17) is 4.74 Å². The second-order valence-corrected chi connectivity index (χ2v) is 7.39. The summed E-state index contributed by atoms with van der Waals surface area (Å²) in [7, 11) is 1.50. The number of methoxy groups -OCH3 is 1. The molecule has 9 heteroatoms. The zero-order chi connectivity index (χ0) is 20.3. The van der Waals surface area contributed by atoms with Crippen LogP contribution in [0, 0.1) is 11.7 Å². The van der Waals surface area contributed by atoms with Crippen molar-refractivity contribution in [1.82, 2.24) is 15.5 Å². The maximum absolute atomic E-state index is 13.4. The quantitative estimate of drug-likeness (QED) is 0.697. The van der Waals surface area contributed by atoms with Crippen LogP contribution in [-0.2, 0) is 14.3 Å². The third-order valence-electron chi connectivity index (χ3n) is 5.25. The van der Waals surface area contributed by atoms with Gasteiger partial charge in [-0.1, -0.05) is 6.07 Å². The molecule has 0 saturated carbocycles. The Morgan fingerprint density at radius 3 is 2.57 bits per heavy atom. The Morgan fingerprint density at radius 1 is 1.29 bits per heavy atom. The molecule has 8 nitrogen and oxygen atoms in total. The van der Waals surface area contributed by atoms with Crippen molar-refractivity contribution in [2.45, 2.75) is 18.9 Å². The van der Waals surface area contributed by atoms with E-state index in [2.05, 4.69) is 10.6 Å². The molecule has 0 spiro atoms. The minimum absolute atomic E-state index is 0.115. The molecule has 2 aliphatic rings. The molecular weight excluding hydrogens is 367 g/mol. The fourth-order valence-corrected chi connectivity index (χ4v) is 3.75. The lowest BCUT2D eigenvalue weighted by atomic mass is 9.88. The van der Waals surface area contributed by atoms with Gasteiger partial charge in [0.15, 0.2) is 0 Å². The molecule has 2 aliphatic heterocycles. The number of hydrogen-bond acceptors (Lipinski definition) is 5. The van der Waals surface area contributed by atoms with E-state index < -0.39 is 23.4 Å². The van der Waals surface area contributed by atoms with Crippen LogP contribution in [0.4, 0.5) is 14.9 Å². The number of hydrogen-bond donors (Lipinski definition) is 2. The summed E-state index contributed by atoms with van der Waals surface area (Å²) in [6, 6.07) is 5.83. The first-order chi connectivity index (χ1) is 13.3. The van der Waals surface area contributed by atoms with Gasteiger partial charge in [-0.25, -0.2) is 9.18 Å². The van der Waals surface area contributed by atoms with E-state index in [0.29, 0.717) is 26.2 Å². The van der Waals surface area contributed by atoms with E-state index in [9.17, 15) is 18.8 Å². The highest BCUT2D eigenvalue weighted by Crippen LogP contribution is 2.24. The first-order valence-corrected chi connectivity index (χ1v) is 9.24. The topological polar surface area (TPSA) is 91.0 Å². The molecule has 0 aromatic heterocycles. The minimum atomic E-state index is -1.14. The number of imide groups is 1. The average molecular weight is 392 g/mol. The van der Waals surface area contributed by atoms with Crippen LogP contribution in [0.25, 0.3) is 0 Å². The Bertz CT molecular complexity index is 766. The van der Waals surface area contributed by atoms with Crippen LogP contribution >= 0.6 is 0 Å². The molecule has 1 aromatic rings. The number of carbonyl (C=O) groups is 3. The van der Waals surface area contributed by atoms with Gasteiger partial charge in [0.2, 0.25) is 5.91 Å². The third kappa shape index (κ3) is 4.24. The molecule has 4 amide bonds. The monoisotopic (exact) mass is 392 g/mol. The van der Waals surface area contributed by atoms with Gasteiger partial charge in [-0.2, -0.15) is 0 Å². The first kappa shape index (κ1) is 20.1. The summed E-state index contributed by atoms with van der Waals surface area (Å²) in [6.45, 7) is 3.91. The van der Waals surface area contributed by atoms with E-state index in [1.807, 2.05) is 11.0 Å². The largest absolute Gasteiger partial charge is 0.384 e. The summed E-state index contributed by atoms with van der Waals surface area (Å²) in [5.41, 5.74) is -0.349. The molecule has 2 N–H and O–H groups in total. The molecule has 2 unspecified atom stereocenters. The predicted octanol–water partition coefficient (Wildman–Crippen LogP) is 0.725. The lowest BCUT2D eigenvalue weighted by Crippen LogP contribution is -2.53. The molecule has 2 saturated heterocycles. The smallest absolute Gasteiger partial charge is 0.322 e. The normalized spacial score (nSPS) is 23.4. The van der Waals surface area contributed by atoms with Crippen molar-refractivity contribution in [1.29, 1.82) is 0 Å². The van der Waals surface area contributed by atoms with Crippen molar-refractivity contribution in [2.24, 2.45) is 5.92 Å². The van der Waals surface area contributed by atoms with Gasteiger partial charge in [0.1, 0.15) is 11.4 Å². The fraction of sp³-hybridized carbons (Fsp3) is 0.526. The van der Waals surface area contributed by atoms with E-state index in [1.165, 1.54) is 19.2 Å². The molecule has 0 radical (unpaired) electrons. The van der Waals surface area contributed by atoms with Crippen LogP contribution in [0.1, 0.15) is 13.3 Å². The molecule has 2 fully saturated rings. The zero-order valence-electron chi connectivity index (χ0n) is 16.0. The van der Waals surface area contributed by atoms with Crippen LogP contribution in [0.3, 0.4) is 0 Å². The highest BCUT2D eigenvalue weighted by atomic mass is 19.1. The Labute approximate surface area is 163 Å². The predicted molar refractivity (Wildman–Crippen MR) is 100 cm³/mol. The molecule has 2 heterocycles. The van der Waals surface area contributed by atoms with E-state index in [-0.39, 0.29) is 24.8 Å². The Balaban J connectivity index is 1.63. The number of halogens is 1. The minimum Gasteiger partial charge on any atom is -0.384 e. The maximum atomic E-state index is 13.4. The molecule has 0 aliphatic carbocycles. The van der Waals surface area contributed by atoms with Crippen molar-refractivity contribution < 1.29 is 23.5 Å². The highest BCUT2D eigenvalue weighted by molar-refractivity contribution is 6.07. The van der Waals surface area contributed by atoms with Gasteiger partial charge in [0.25, 0.3) is 5.91 Å². The van der Waals surface area contributed by atoms with Gasteiger partial charge in [-0.05, 0) is 31.5 Å². The molecule has 2 atom stereocenters. The number of urea groups is 1. The summed E-state index contributed by atoms with van der Waals surface area (Å²) in [5.74, 6) is -1.40. The Hall–Kier alpha value is -2.68. The molecule has 1 aromatic carbocycles. The number of carbonyl (C=O) groups excluding carboxylic acids is 3. The van der Waals surface area contributed by atoms with Crippen molar-refractivity contribution >= 4 is 23.5 Å². The number of nitrogens with one attached hydrogen (secondary N) is 2. The number of rotatable bonds is 6. The summed E-state index contributed by atoms with van der Waals surface area (Å²) in [5, 5.41) is 4.80. The molecular formula is C19H25FN4O4. The average Bonchev–Trinajstić information content (AvgIpc) is 2.92. The summed E-state index contributed by atoms with van der Waals surface area (Å²) in [4.78, 5) is 40.3. The number of nitrogens with zero attached hydrogens (tertiary/aromatic N) is 2. The van der Waals surface area contributed by atoms with Crippen molar-refractivity contribution in [2.75, 3.05) is 44.8 Å². The number of anilines is 1. The number of benzene rings is 1. The maximum Gasteiger partial charge on any atom is 0.322 e. The van der Waals surface area contributed by atoms with E-state index >= 15 is 0 Å². The molecule has 28 heavy (non-hydrogen) atoms. The van der Waals surface area contributed by atoms with Crippen LogP contribution in [0.15, 0.2) is 24.3 Å². The standard InChI is InChI=1S/C19H25FN4O4/c1-19(17(26)21-18(27)22-19)11-13(12-28-2)16(25)24-8-6-23(7-9-24)15-5-3-4-14(20)10-15/h3-5,10,13H,6-9,11-12H2,1-2H3,(H2,21,22,26,27). The van der Waals surface area contributed by atoms with E-state index in [0.717, 1.165) is 5.69 Å². The fourth-order valence-electron chi connectivity index (χ4n) is 3.75. The highest BCUT2D eigenvalue weighted by Gasteiger charge is 2.45. The molecule has 0 bridgehead atoms. The van der Waals surface area contributed by atoms with E-state index in [1.54, 1.807) is 17.9 Å². The number of ether oxygens (including phenoxy) is 1. The van der Waals surface area contributed by atoms with Gasteiger partial charge in [-0.15, -0.1) is 0 Å². The van der Waals surface area contributed by atoms with Gasteiger partial charge >= 0.3 is 6.03 Å². The molecule has 3 rings (SSSR count). The summed E-state index contributed by atoms with van der Waals surface area (Å²) in [6.07, 6.45) is 0.154. The summed E-state index contributed by atoms with van der Waals surface area (Å²) >= 11 is 0. The van der Waals surface area contributed by atoms with Crippen LogP contribution < -0.4 is 15.5 Å². The van der Waals surface area contributed by atoms with Crippen LogP contribution in [0.2, 0.25) is 0 Å². The first-order valence-electron chi connectivity index (χ1n) is 9.24. The number of amides is 4. The van der Waals surface area contributed by atoms with Crippen molar-refractivity contribution in [3.05, 3.63) is 30.1 Å². The van der Waals surface area contributed by atoms with Gasteiger partial charge < -0.3 is 19.9 Å². The zero-order valence-corrected chi connectivity index (χ0v) is 16.0. The summed E-state index contributed by atoms with van der Waals surface area (Å²) < 4.78 is 18.6. The lowest BCUT2D eigenvalue weighted by Gasteiger charge is -2.38. The number of piperazine rings is 1. The Morgan fingerprint density at radius 2 is 2.00 bits per heavy atom. The SMILES string of the molecule is COCC(CC1(C)NC(=O)NC1=O)C(=O)N1CCN(c2cccc(F)c2)CC1. The van der Waals surface area contributed by atoms with Crippen LogP contribution in [-0.4, -0.2) is 68.2 Å². The lowest BCUT2D eigenvalue weighted by molar-refractivity contribution is -0.139. The second-order valence-electron chi connectivity index (χ2n) is 7.39. The van der Waals surface area contributed by atoms with Gasteiger partial charge in [-0.3, -0.25) is 14.9 Å². The van der Waals surface area contributed by atoms with Crippen LogP contribution in [0.5, 0.6) is 0 Å².